The highest BCUT2D eigenvalue weighted by Gasteiger charge is 2.30. The average molecular weight is 419 g/mol. The minimum atomic E-state index is -4.44. The quantitative estimate of drug-likeness (QED) is 0.655. The largest absolute Gasteiger partial charge is 0.497 e. The van der Waals surface area contributed by atoms with Crippen molar-refractivity contribution >= 4 is 5.91 Å². The van der Waals surface area contributed by atoms with E-state index in [-0.39, 0.29) is 12.2 Å². The molecule has 2 aromatic carbocycles. The third kappa shape index (κ3) is 4.56. The van der Waals surface area contributed by atoms with Crippen molar-refractivity contribution in [3.63, 3.8) is 0 Å². The molecule has 6 nitrogen and oxygen atoms in total. The van der Waals surface area contributed by atoms with Gasteiger partial charge in [0.15, 0.2) is 0 Å². The number of nitrogens with one attached hydrogen (secondary N) is 1. The summed E-state index contributed by atoms with van der Waals surface area (Å²) in [7, 11) is 4.67. The molecule has 9 heteroatoms. The van der Waals surface area contributed by atoms with Gasteiger partial charge in [0, 0.05) is 25.2 Å². The summed E-state index contributed by atoms with van der Waals surface area (Å²) in [6, 6.07) is 11.6. The van der Waals surface area contributed by atoms with E-state index >= 15 is 0 Å². The number of halogens is 3. The molecular weight excluding hydrogens is 399 g/mol. The van der Waals surface area contributed by atoms with E-state index in [2.05, 4.69) is 10.4 Å². The third-order valence-electron chi connectivity index (χ3n) is 4.50. The monoisotopic (exact) mass is 419 g/mol. The molecule has 0 unspecified atom stereocenters. The van der Waals surface area contributed by atoms with E-state index in [0.29, 0.717) is 28.3 Å². The Morgan fingerprint density at radius 3 is 2.53 bits per heavy atom. The Kier molecular flexibility index (Phi) is 6.00. The van der Waals surface area contributed by atoms with Crippen LogP contribution in [0.1, 0.15) is 21.6 Å². The van der Waals surface area contributed by atoms with Crippen LogP contribution in [-0.2, 0) is 19.8 Å². The van der Waals surface area contributed by atoms with Crippen LogP contribution in [0, 0.1) is 0 Å². The lowest BCUT2D eigenvalue weighted by Gasteiger charge is -2.09. The van der Waals surface area contributed by atoms with Crippen LogP contribution in [0.25, 0.3) is 11.3 Å². The van der Waals surface area contributed by atoms with E-state index in [9.17, 15) is 18.0 Å². The van der Waals surface area contributed by atoms with Gasteiger partial charge >= 0.3 is 6.18 Å². The van der Waals surface area contributed by atoms with Crippen molar-refractivity contribution in [1.29, 1.82) is 0 Å². The van der Waals surface area contributed by atoms with Gasteiger partial charge in [0.05, 0.1) is 25.5 Å². The van der Waals surface area contributed by atoms with Crippen molar-refractivity contribution in [2.75, 3.05) is 14.2 Å². The molecule has 30 heavy (non-hydrogen) atoms. The number of aromatic nitrogens is 2. The fraction of sp³-hybridized carbons (Fsp3) is 0.238. The van der Waals surface area contributed by atoms with Gasteiger partial charge < -0.3 is 14.8 Å². The summed E-state index contributed by atoms with van der Waals surface area (Å²) in [4.78, 5) is 12.6. The summed E-state index contributed by atoms with van der Waals surface area (Å²) in [6.07, 6.45) is -4.44. The number of alkyl halides is 3. The van der Waals surface area contributed by atoms with Crippen molar-refractivity contribution in [3.8, 4) is 22.8 Å². The van der Waals surface area contributed by atoms with Crippen LogP contribution in [0.4, 0.5) is 13.2 Å². The van der Waals surface area contributed by atoms with E-state index in [1.165, 1.54) is 23.9 Å². The van der Waals surface area contributed by atoms with Crippen LogP contribution in [0.2, 0.25) is 0 Å². The molecule has 0 bridgehead atoms. The SMILES string of the molecule is COc1ccc(-c2cc(C(=O)NCc3cccc(C(F)(F)F)c3)n(C)n2)c(OC)c1. The van der Waals surface area contributed by atoms with Crippen LogP contribution in [0.5, 0.6) is 11.5 Å². The van der Waals surface area contributed by atoms with E-state index in [1.54, 1.807) is 38.4 Å². The number of ether oxygens (including phenoxy) is 2. The molecule has 0 aliphatic rings. The number of carbonyl (C=O) groups excluding carboxylic acids is 1. The molecule has 0 aliphatic heterocycles. The number of methoxy groups -OCH3 is 2. The van der Waals surface area contributed by atoms with E-state index in [0.717, 1.165) is 12.1 Å². The molecule has 0 spiro atoms. The van der Waals surface area contributed by atoms with Crippen LogP contribution in [-0.4, -0.2) is 29.9 Å². The van der Waals surface area contributed by atoms with Gasteiger partial charge in [-0.25, -0.2) is 0 Å². The molecule has 1 aromatic heterocycles. The Morgan fingerprint density at radius 2 is 1.87 bits per heavy atom. The van der Waals surface area contributed by atoms with Crippen molar-refractivity contribution < 1.29 is 27.4 Å². The topological polar surface area (TPSA) is 65.4 Å². The molecule has 1 N–H and O–H groups in total. The summed E-state index contributed by atoms with van der Waals surface area (Å²) in [5.41, 5.74) is 1.03. The van der Waals surface area contributed by atoms with Crippen LogP contribution in [0.3, 0.4) is 0 Å². The number of hydrogen-bond donors (Lipinski definition) is 1. The first-order valence-electron chi connectivity index (χ1n) is 8.93. The summed E-state index contributed by atoms with van der Waals surface area (Å²) in [5.74, 6) is 0.690. The maximum atomic E-state index is 12.8. The first-order chi connectivity index (χ1) is 14.2. The number of rotatable bonds is 6. The predicted octanol–water partition coefficient (Wildman–Crippen LogP) is 4.05. The second kappa shape index (κ2) is 8.48. The first kappa shape index (κ1) is 21.2. The smallest absolute Gasteiger partial charge is 0.416 e. The maximum Gasteiger partial charge on any atom is 0.416 e. The zero-order chi connectivity index (χ0) is 21.9. The minimum absolute atomic E-state index is 0.0465. The molecule has 0 aliphatic carbocycles. The highest BCUT2D eigenvalue weighted by Crippen LogP contribution is 2.33. The first-order valence-corrected chi connectivity index (χ1v) is 8.93. The number of hydrogen-bond acceptors (Lipinski definition) is 4. The van der Waals surface area contributed by atoms with E-state index in [1.807, 2.05) is 0 Å². The summed E-state index contributed by atoms with van der Waals surface area (Å²) in [5, 5.41) is 6.98. The van der Waals surface area contributed by atoms with Crippen molar-refractivity contribution in [2.24, 2.45) is 7.05 Å². The Morgan fingerprint density at radius 1 is 1.10 bits per heavy atom. The van der Waals surface area contributed by atoms with Crippen LogP contribution in [0.15, 0.2) is 48.5 Å². The lowest BCUT2D eigenvalue weighted by atomic mass is 10.1. The standard InChI is InChI=1S/C21H20F3N3O3/c1-27-18(11-17(26-27)16-8-7-15(29-2)10-19(16)30-3)20(28)25-12-13-5-4-6-14(9-13)21(22,23)24/h4-11H,12H2,1-3H3,(H,25,28). The number of carbonyl (C=O) groups is 1. The lowest BCUT2D eigenvalue weighted by molar-refractivity contribution is -0.137. The Labute approximate surface area is 171 Å². The highest BCUT2D eigenvalue weighted by molar-refractivity contribution is 5.93. The van der Waals surface area contributed by atoms with Gasteiger partial charge in [-0.1, -0.05) is 12.1 Å². The predicted molar refractivity (Wildman–Crippen MR) is 104 cm³/mol. The molecule has 0 saturated carbocycles. The molecule has 3 rings (SSSR count). The fourth-order valence-corrected chi connectivity index (χ4v) is 2.95. The molecule has 0 atom stereocenters. The molecular formula is C21H20F3N3O3. The number of amides is 1. The van der Waals surface area contributed by atoms with Gasteiger partial charge in [0.2, 0.25) is 0 Å². The van der Waals surface area contributed by atoms with Crippen LogP contribution >= 0.6 is 0 Å². The van der Waals surface area contributed by atoms with Gasteiger partial charge in [-0.15, -0.1) is 0 Å². The van der Waals surface area contributed by atoms with Gasteiger partial charge in [0.25, 0.3) is 5.91 Å². The Bertz CT molecular complexity index is 1060. The summed E-state index contributed by atoms with van der Waals surface area (Å²) >= 11 is 0. The minimum Gasteiger partial charge on any atom is -0.497 e. The van der Waals surface area contributed by atoms with Gasteiger partial charge in [-0.05, 0) is 35.9 Å². The molecule has 0 radical (unpaired) electrons. The number of benzene rings is 2. The molecule has 0 fully saturated rings. The van der Waals surface area contributed by atoms with Crippen molar-refractivity contribution in [1.82, 2.24) is 15.1 Å². The second-order valence-electron chi connectivity index (χ2n) is 6.49. The molecule has 0 saturated heterocycles. The van der Waals surface area contributed by atoms with Gasteiger partial charge in [-0.2, -0.15) is 18.3 Å². The van der Waals surface area contributed by atoms with Gasteiger partial charge in [0.1, 0.15) is 17.2 Å². The van der Waals surface area contributed by atoms with Crippen molar-refractivity contribution in [3.05, 3.63) is 65.4 Å². The summed E-state index contributed by atoms with van der Waals surface area (Å²) in [6.45, 7) is -0.0465. The van der Waals surface area contributed by atoms with Crippen molar-refractivity contribution in [2.45, 2.75) is 12.7 Å². The van der Waals surface area contributed by atoms with Crippen LogP contribution < -0.4 is 14.8 Å². The van der Waals surface area contributed by atoms with Gasteiger partial charge in [-0.3, -0.25) is 9.48 Å². The molecule has 1 amide bonds. The molecule has 3 aromatic rings. The zero-order valence-electron chi connectivity index (χ0n) is 16.6. The maximum absolute atomic E-state index is 12.8. The third-order valence-corrected chi connectivity index (χ3v) is 4.50. The Hall–Kier alpha value is -3.49. The average Bonchev–Trinajstić information content (AvgIpc) is 3.12. The Balaban J connectivity index is 1.78. The fourth-order valence-electron chi connectivity index (χ4n) is 2.95. The van der Waals surface area contributed by atoms with E-state index in [4.69, 9.17) is 9.47 Å². The highest BCUT2D eigenvalue weighted by atomic mass is 19.4. The number of nitrogens with zero attached hydrogens (tertiary/aromatic N) is 2. The normalized spacial score (nSPS) is 11.3. The number of aryl methyl sites for hydroxylation is 1. The zero-order valence-corrected chi connectivity index (χ0v) is 16.6. The lowest BCUT2D eigenvalue weighted by Crippen LogP contribution is -2.25. The molecule has 1 heterocycles. The molecule has 158 valence electrons. The van der Waals surface area contributed by atoms with E-state index < -0.39 is 17.6 Å². The second-order valence-corrected chi connectivity index (χ2v) is 6.49. The summed E-state index contributed by atoms with van der Waals surface area (Å²) < 4.78 is 50.5.